The highest BCUT2D eigenvalue weighted by atomic mass is 19.1. The second kappa shape index (κ2) is 7.29. The molecule has 2 aromatic carbocycles. The Bertz CT molecular complexity index is 760. The molecule has 6 nitrogen and oxygen atoms in total. The molecule has 0 radical (unpaired) electrons. The number of nitrogen functional groups attached to an aromatic ring is 1. The number of carboxylic acid groups (broad SMARTS) is 1. The summed E-state index contributed by atoms with van der Waals surface area (Å²) < 4.78 is 13.3. The molecule has 0 atom stereocenters. The van der Waals surface area contributed by atoms with Crippen molar-refractivity contribution in [3.63, 3.8) is 0 Å². The average molecular weight is 344 g/mol. The van der Waals surface area contributed by atoms with Crippen molar-refractivity contribution in [2.45, 2.75) is 6.54 Å². The lowest BCUT2D eigenvalue weighted by atomic mass is 10.1. The molecule has 1 fully saturated rings. The van der Waals surface area contributed by atoms with Crippen LogP contribution in [-0.2, 0) is 6.54 Å². The SMILES string of the molecule is Nc1c(NCc2cccc(F)c2)cccc1N1CCN(C(=O)O)CC1. The van der Waals surface area contributed by atoms with Crippen LogP contribution in [0.3, 0.4) is 0 Å². The smallest absolute Gasteiger partial charge is 0.407 e. The molecule has 0 spiro atoms. The van der Waals surface area contributed by atoms with E-state index < -0.39 is 6.09 Å². The molecule has 0 aliphatic carbocycles. The Balaban J connectivity index is 1.69. The van der Waals surface area contributed by atoms with E-state index in [2.05, 4.69) is 10.2 Å². The van der Waals surface area contributed by atoms with Crippen molar-refractivity contribution in [2.24, 2.45) is 0 Å². The Morgan fingerprint density at radius 2 is 1.88 bits per heavy atom. The van der Waals surface area contributed by atoms with Crippen molar-refractivity contribution >= 4 is 23.2 Å². The van der Waals surface area contributed by atoms with Crippen molar-refractivity contribution in [1.29, 1.82) is 0 Å². The van der Waals surface area contributed by atoms with Gasteiger partial charge in [-0.1, -0.05) is 18.2 Å². The Morgan fingerprint density at radius 3 is 2.56 bits per heavy atom. The number of nitrogens with two attached hydrogens (primary N) is 1. The summed E-state index contributed by atoms with van der Waals surface area (Å²) in [5, 5.41) is 12.3. The van der Waals surface area contributed by atoms with E-state index in [1.165, 1.54) is 17.0 Å². The third-order valence-electron chi connectivity index (χ3n) is 4.35. The minimum Gasteiger partial charge on any atom is -0.465 e. The Morgan fingerprint density at radius 1 is 1.16 bits per heavy atom. The van der Waals surface area contributed by atoms with Crippen LogP contribution < -0.4 is 16.0 Å². The normalized spacial score (nSPS) is 14.4. The van der Waals surface area contributed by atoms with Crippen LogP contribution in [0, 0.1) is 5.82 Å². The van der Waals surface area contributed by atoms with Gasteiger partial charge in [-0.3, -0.25) is 0 Å². The summed E-state index contributed by atoms with van der Waals surface area (Å²) >= 11 is 0. The topological polar surface area (TPSA) is 81.8 Å². The predicted molar refractivity (Wildman–Crippen MR) is 96.4 cm³/mol. The molecule has 1 aliphatic rings. The number of para-hydroxylation sites is 1. The van der Waals surface area contributed by atoms with Crippen molar-refractivity contribution in [1.82, 2.24) is 4.90 Å². The molecule has 2 aromatic rings. The maximum atomic E-state index is 13.3. The van der Waals surface area contributed by atoms with E-state index in [0.29, 0.717) is 38.4 Å². The fraction of sp³-hybridized carbons (Fsp3) is 0.278. The first-order chi connectivity index (χ1) is 12.0. The Hall–Kier alpha value is -2.96. The van der Waals surface area contributed by atoms with Gasteiger partial charge in [0.05, 0.1) is 17.1 Å². The molecule has 1 heterocycles. The maximum absolute atomic E-state index is 13.3. The number of anilines is 3. The molecule has 1 amide bonds. The lowest BCUT2D eigenvalue weighted by Gasteiger charge is -2.35. The lowest BCUT2D eigenvalue weighted by Crippen LogP contribution is -2.48. The molecule has 25 heavy (non-hydrogen) atoms. The first-order valence-corrected chi connectivity index (χ1v) is 8.14. The third-order valence-corrected chi connectivity index (χ3v) is 4.35. The maximum Gasteiger partial charge on any atom is 0.407 e. The highest BCUT2D eigenvalue weighted by Crippen LogP contribution is 2.31. The van der Waals surface area contributed by atoms with Gasteiger partial charge >= 0.3 is 6.09 Å². The largest absolute Gasteiger partial charge is 0.465 e. The molecular formula is C18H21FN4O2. The second-order valence-electron chi connectivity index (χ2n) is 5.98. The van der Waals surface area contributed by atoms with Gasteiger partial charge in [-0.05, 0) is 29.8 Å². The quantitative estimate of drug-likeness (QED) is 0.743. The van der Waals surface area contributed by atoms with Crippen LogP contribution in [0.15, 0.2) is 42.5 Å². The average Bonchev–Trinajstić information content (AvgIpc) is 2.61. The van der Waals surface area contributed by atoms with E-state index in [4.69, 9.17) is 10.8 Å². The van der Waals surface area contributed by atoms with Crippen molar-refractivity contribution < 1.29 is 14.3 Å². The molecule has 0 unspecified atom stereocenters. The second-order valence-corrected chi connectivity index (χ2v) is 5.98. The number of carbonyl (C=O) groups is 1. The number of hydrogen-bond acceptors (Lipinski definition) is 4. The zero-order valence-corrected chi connectivity index (χ0v) is 13.8. The van der Waals surface area contributed by atoms with Crippen LogP contribution in [-0.4, -0.2) is 42.3 Å². The van der Waals surface area contributed by atoms with E-state index in [0.717, 1.165) is 16.9 Å². The number of amides is 1. The summed E-state index contributed by atoms with van der Waals surface area (Å²) in [5.74, 6) is -0.266. The van der Waals surface area contributed by atoms with E-state index in [9.17, 15) is 9.18 Å². The zero-order valence-electron chi connectivity index (χ0n) is 13.8. The van der Waals surface area contributed by atoms with E-state index in [1.54, 1.807) is 6.07 Å². The summed E-state index contributed by atoms with van der Waals surface area (Å²) in [4.78, 5) is 14.5. The highest BCUT2D eigenvalue weighted by molar-refractivity contribution is 5.81. The number of rotatable bonds is 4. The van der Waals surface area contributed by atoms with Crippen molar-refractivity contribution in [3.8, 4) is 0 Å². The molecule has 0 aromatic heterocycles. The fourth-order valence-electron chi connectivity index (χ4n) is 2.97. The van der Waals surface area contributed by atoms with Gasteiger partial charge in [0, 0.05) is 32.7 Å². The minimum atomic E-state index is -0.891. The van der Waals surface area contributed by atoms with Gasteiger partial charge in [0.2, 0.25) is 0 Å². The first kappa shape index (κ1) is 16.9. The van der Waals surface area contributed by atoms with Crippen LogP contribution in [0.1, 0.15) is 5.56 Å². The molecule has 7 heteroatoms. The van der Waals surface area contributed by atoms with Gasteiger partial charge in [-0.15, -0.1) is 0 Å². The summed E-state index contributed by atoms with van der Waals surface area (Å²) in [5.41, 5.74) is 9.40. The van der Waals surface area contributed by atoms with Gasteiger partial charge < -0.3 is 26.0 Å². The monoisotopic (exact) mass is 344 g/mol. The lowest BCUT2D eigenvalue weighted by molar-refractivity contribution is 0.142. The Kier molecular flexibility index (Phi) is 4.92. The molecule has 0 bridgehead atoms. The van der Waals surface area contributed by atoms with Gasteiger partial charge in [0.25, 0.3) is 0 Å². The number of nitrogens with zero attached hydrogens (tertiary/aromatic N) is 2. The Labute approximate surface area is 145 Å². The fourth-order valence-corrected chi connectivity index (χ4v) is 2.97. The molecule has 4 N–H and O–H groups in total. The highest BCUT2D eigenvalue weighted by Gasteiger charge is 2.22. The number of piperazine rings is 1. The van der Waals surface area contributed by atoms with Crippen LogP contribution >= 0.6 is 0 Å². The third kappa shape index (κ3) is 3.93. The summed E-state index contributed by atoms with van der Waals surface area (Å²) in [6.07, 6.45) is -0.891. The number of hydrogen-bond donors (Lipinski definition) is 3. The summed E-state index contributed by atoms with van der Waals surface area (Å²) in [6.45, 7) is 2.58. The van der Waals surface area contributed by atoms with Gasteiger partial charge in [-0.2, -0.15) is 0 Å². The van der Waals surface area contributed by atoms with Crippen LogP contribution in [0.25, 0.3) is 0 Å². The van der Waals surface area contributed by atoms with E-state index in [-0.39, 0.29) is 5.82 Å². The summed E-state index contributed by atoms with van der Waals surface area (Å²) in [6, 6.07) is 12.1. The molecule has 3 rings (SSSR count). The summed E-state index contributed by atoms with van der Waals surface area (Å²) in [7, 11) is 0. The van der Waals surface area contributed by atoms with Crippen molar-refractivity contribution in [2.75, 3.05) is 42.1 Å². The number of nitrogens with one attached hydrogen (secondary N) is 1. The van der Waals surface area contributed by atoms with Crippen LogP contribution in [0.5, 0.6) is 0 Å². The van der Waals surface area contributed by atoms with Gasteiger partial charge in [0.15, 0.2) is 0 Å². The zero-order chi connectivity index (χ0) is 17.8. The molecular weight excluding hydrogens is 323 g/mol. The molecule has 0 saturated carbocycles. The molecule has 132 valence electrons. The first-order valence-electron chi connectivity index (χ1n) is 8.14. The van der Waals surface area contributed by atoms with Crippen molar-refractivity contribution in [3.05, 3.63) is 53.8 Å². The molecule has 1 aliphatic heterocycles. The molecule has 1 saturated heterocycles. The number of benzene rings is 2. The van der Waals surface area contributed by atoms with Crippen LogP contribution in [0.2, 0.25) is 0 Å². The standard InChI is InChI=1S/C18H21FN4O2/c19-14-4-1-3-13(11-14)12-21-15-5-2-6-16(17(15)20)22-7-9-23(10-8-22)18(24)25/h1-6,11,21H,7-10,12,20H2,(H,24,25). The van der Waals surface area contributed by atoms with Crippen LogP contribution in [0.4, 0.5) is 26.2 Å². The number of halogens is 1. The van der Waals surface area contributed by atoms with Gasteiger partial charge in [-0.25, -0.2) is 9.18 Å². The van der Waals surface area contributed by atoms with Gasteiger partial charge in [0.1, 0.15) is 5.82 Å². The van der Waals surface area contributed by atoms with E-state index >= 15 is 0 Å². The predicted octanol–water partition coefficient (Wildman–Crippen LogP) is 2.82. The minimum absolute atomic E-state index is 0.266. The van der Waals surface area contributed by atoms with E-state index in [1.807, 2.05) is 24.3 Å².